The standard InChI is InChI=1S/C30H33N3O12/c1-10(2)19(28(40)43-7)31-22(34)13-14(23(31)35)16-18(27(39)33(25(16)37)21(12(5)6)30(42)45-9)17-15(13)24(36)32(26(17)38)20(11(3)4)29(41)44-8/h10-12,19-21H,1-9H3/t19-,20-,21-/m0/s1. The van der Waals surface area contributed by atoms with Gasteiger partial charge in [0.05, 0.1) is 53.6 Å². The maximum absolute atomic E-state index is 14.1. The average molecular weight is 628 g/mol. The molecule has 0 aliphatic heterocycles. The summed E-state index contributed by atoms with van der Waals surface area (Å²) in [7, 11) is 3.13. The summed E-state index contributed by atoms with van der Waals surface area (Å²) in [6.45, 7) is 9.17. The van der Waals surface area contributed by atoms with E-state index in [0.717, 1.165) is 21.3 Å². The number of hydrogen-bond acceptors (Lipinski definition) is 12. The van der Waals surface area contributed by atoms with Gasteiger partial charge in [-0.2, -0.15) is 0 Å². The molecule has 4 aromatic rings. The Morgan fingerprint density at radius 2 is 0.556 bits per heavy atom. The Labute approximate surface area is 253 Å². The lowest BCUT2D eigenvalue weighted by Crippen LogP contribution is -2.38. The van der Waals surface area contributed by atoms with Crippen LogP contribution in [-0.2, 0) is 28.6 Å². The van der Waals surface area contributed by atoms with Crippen LogP contribution in [0.2, 0.25) is 0 Å². The predicted octanol–water partition coefficient (Wildman–Crippen LogP) is 0.136. The van der Waals surface area contributed by atoms with E-state index < -0.39 is 119 Å². The van der Waals surface area contributed by atoms with Gasteiger partial charge in [0.2, 0.25) is 0 Å². The minimum atomic E-state index is -1.52. The number of ether oxygens (including phenoxy) is 3. The number of esters is 3. The van der Waals surface area contributed by atoms with Gasteiger partial charge in [-0.15, -0.1) is 0 Å². The molecule has 0 spiro atoms. The second kappa shape index (κ2) is 11.5. The minimum absolute atomic E-state index is 0.531. The molecule has 0 saturated carbocycles. The number of carbonyl (C=O) groups excluding carboxylic acids is 3. The van der Waals surface area contributed by atoms with Gasteiger partial charge in [0.15, 0.2) is 0 Å². The molecule has 45 heavy (non-hydrogen) atoms. The third-order valence-corrected chi connectivity index (χ3v) is 8.15. The molecule has 0 N–H and O–H groups in total. The summed E-state index contributed by atoms with van der Waals surface area (Å²) in [4.78, 5) is 123. The van der Waals surface area contributed by atoms with Crippen LogP contribution in [0.5, 0.6) is 0 Å². The maximum atomic E-state index is 14.1. The third kappa shape index (κ3) is 4.51. The van der Waals surface area contributed by atoms with Gasteiger partial charge in [-0.25, -0.2) is 14.4 Å². The highest BCUT2D eigenvalue weighted by Gasteiger charge is 2.39. The zero-order valence-corrected chi connectivity index (χ0v) is 26.2. The highest BCUT2D eigenvalue weighted by molar-refractivity contribution is 6.25. The van der Waals surface area contributed by atoms with Crippen LogP contribution in [0.15, 0.2) is 28.8 Å². The molecular weight excluding hydrogens is 594 g/mol. The maximum Gasteiger partial charge on any atom is 0.329 e. The molecule has 0 unspecified atom stereocenters. The molecule has 240 valence electrons. The lowest BCUT2D eigenvalue weighted by molar-refractivity contribution is -0.147. The normalized spacial score (nSPS) is 14.1. The van der Waals surface area contributed by atoms with Crippen molar-refractivity contribution in [2.24, 2.45) is 17.8 Å². The number of carbonyl (C=O) groups is 3. The molecular formula is C30H33N3O12. The fourth-order valence-corrected chi connectivity index (χ4v) is 6.18. The monoisotopic (exact) mass is 627 g/mol. The first-order valence-electron chi connectivity index (χ1n) is 14.1. The molecule has 3 heterocycles. The van der Waals surface area contributed by atoms with Gasteiger partial charge >= 0.3 is 17.9 Å². The van der Waals surface area contributed by atoms with E-state index >= 15 is 0 Å². The van der Waals surface area contributed by atoms with Crippen LogP contribution in [0.3, 0.4) is 0 Å². The van der Waals surface area contributed by atoms with E-state index in [-0.39, 0.29) is 0 Å². The number of rotatable bonds is 9. The molecule has 0 saturated heterocycles. The van der Waals surface area contributed by atoms with Crippen molar-refractivity contribution >= 4 is 50.2 Å². The second-order valence-corrected chi connectivity index (χ2v) is 11.8. The Hall–Kier alpha value is -4.95. The molecule has 0 aliphatic rings. The highest BCUT2D eigenvalue weighted by Crippen LogP contribution is 2.30. The highest BCUT2D eigenvalue weighted by atomic mass is 16.5. The van der Waals surface area contributed by atoms with Crippen LogP contribution in [0, 0.1) is 17.8 Å². The molecule has 1 aromatic carbocycles. The quantitative estimate of drug-likeness (QED) is 0.180. The van der Waals surface area contributed by atoms with Gasteiger partial charge in [0.1, 0.15) is 18.1 Å². The molecule has 3 atom stereocenters. The second-order valence-electron chi connectivity index (χ2n) is 11.8. The summed E-state index contributed by atoms with van der Waals surface area (Å²) >= 11 is 0. The van der Waals surface area contributed by atoms with E-state index in [1.54, 1.807) is 0 Å². The van der Waals surface area contributed by atoms with E-state index in [4.69, 9.17) is 14.2 Å². The Morgan fingerprint density at radius 1 is 0.400 bits per heavy atom. The fraction of sp³-hybridized carbons (Fsp3) is 0.500. The van der Waals surface area contributed by atoms with Gasteiger partial charge in [0.25, 0.3) is 33.4 Å². The zero-order chi connectivity index (χ0) is 34.0. The predicted molar refractivity (Wildman–Crippen MR) is 162 cm³/mol. The number of aromatic nitrogens is 3. The zero-order valence-electron chi connectivity index (χ0n) is 26.2. The van der Waals surface area contributed by atoms with Crippen LogP contribution in [-0.4, -0.2) is 52.9 Å². The van der Waals surface area contributed by atoms with Crippen molar-refractivity contribution in [2.45, 2.75) is 59.7 Å². The molecule has 4 rings (SSSR count). The lowest BCUT2D eigenvalue weighted by atomic mass is 10.0. The lowest BCUT2D eigenvalue weighted by Gasteiger charge is -2.18. The summed E-state index contributed by atoms with van der Waals surface area (Å²) in [5.74, 6) is -5.06. The van der Waals surface area contributed by atoms with Crippen LogP contribution >= 0.6 is 0 Å². The SMILES string of the molecule is COC(=O)[C@H](C(C)C)n1c(=O)c2c3c(=O)n([C@H](C(=O)OC)C(C)C)c(=O)c3c3c(=O)n([C@H](C(=O)OC)C(C)C)c(=O)c3c2c1=O. The van der Waals surface area contributed by atoms with Crippen molar-refractivity contribution < 1.29 is 28.6 Å². The van der Waals surface area contributed by atoms with Gasteiger partial charge in [-0.1, -0.05) is 41.5 Å². The summed E-state index contributed by atoms with van der Waals surface area (Å²) in [6.07, 6.45) is 0. The Balaban J connectivity index is 2.48. The summed E-state index contributed by atoms with van der Waals surface area (Å²) in [5.41, 5.74) is -7.13. The topological polar surface area (TPSA) is 196 Å². The number of benzene rings is 1. The third-order valence-electron chi connectivity index (χ3n) is 8.15. The molecule has 0 amide bonds. The summed E-state index contributed by atoms with van der Waals surface area (Å²) < 4.78 is 16.1. The molecule has 0 fully saturated rings. The largest absolute Gasteiger partial charge is 0.467 e. The summed E-state index contributed by atoms with van der Waals surface area (Å²) in [6, 6.07) is -4.55. The Morgan fingerprint density at radius 3 is 0.667 bits per heavy atom. The molecule has 3 aromatic heterocycles. The number of methoxy groups -OCH3 is 3. The molecule has 0 aliphatic carbocycles. The van der Waals surface area contributed by atoms with E-state index in [2.05, 4.69) is 0 Å². The van der Waals surface area contributed by atoms with Gasteiger partial charge in [-0.3, -0.25) is 42.5 Å². The number of nitrogens with zero attached hydrogens (tertiary/aromatic N) is 3. The first kappa shape index (κ1) is 33.0. The van der Waals surface area contributed by atoms with Gasteiger partial charge < -0.3 is 14.2 Å². The molecule has 0 bridgehead atoms. The average Bonchev–Trinajstić information content (AvgIpc) is 3.48. The number of hydrogen-bond donors (Lipinski definition) is 0. The van der Waals surface area contributed by atoms with E-state index in [0.29, 0.717) is 13.7 Å². The minimum Gasteiger partial charge on any atom is -0.467 e. The Bertz CT molecular complexity index is 1820. The van der Waals surface area contributed by atoms with E-state index in [9.17, 15) is 43.2 Å². The van der Waals surface area contributed by atoms with Crippen molar-refractivity contribution in [3.8, 4) is 0 Å². The number of fused-ring (bicyclic) bond motifs is 6. The van der Waals surface area contributed by atoms with Crippen molar-refractivity contribution in [1.29, 1.82) is 0 Å². The smallest absolute Gasteiger partial charge is 0.329 e. The van der Waals surface area contributed by atoms with E-state index in [1.807, 2.05) is 0 Å². The van der Waals surface area contributed by atoms with Crippen LogP contribution in [0.4, 0.5) is 0 Å². The van der Waals surface area contributed by atoms with Gasteiger partial charge in [-0.05, 0) is 17.8 Å². The van der Waals surface area contributed by atoms with Crippen molar-refractivity contribution in [3.63, 3.8) is 0 Å². The van der Waals surface area contributed by atoms with Crippen LogP contribution < -0.4 is 33.4 Å². The molecule has 0 radical (unpaired) electrons. The molecule has 15 heteroatoms. The van der Waals surface area contributed by atoms with Crippen LogP contribution in [0.25, 0.3) is 32.3 Å². The van der Waals surface area contributed by atoms with Crippen LogP contribution in [0.1, 0.15) is 59.7 Å². The van der Waals surface area contributed by atoms with E-state index in [1.165, 1.54) is 41.5 Å². The van der Waals surface area contributed by atoms with Crippen molar-refractivity contribution in [1.82, 2.24) is 13.7 Å². The van der Waals surface area contributed by atoms with Gasteiger partial charge in [0, 0.05) is 0 Å². The first-order chi connectivity index (χ1) is 21.0. The molecule has 15 nitrogen and oxygen atoms in total. The fourth-order valence-electron chi connectivity index (χ4n) is 6.18. The summed E-state index contributed by atoms with van der Waals surface area (Å²) in [5, 5.41) is -4.09. The first-order valence-corrected chi connectivity index (χ1v) is 14.1. The van der Waals surface area contributed by atoms with Crippen molar-refractivity contribution in [2.75, 3.05) is 21.3 Å². The Kier molecular flexibility index (Phi) is 8.44. The van der Waals surface area contributed by atoms with Crippen molar-refractivity contribution in [3.05, 3.63) is 62.1 Å².